The van der Waals surface area contributed by atoms with Gasteiger partial charge in [-0.1, -0.05) is 18.2 Å². The van der Waals surface area contributed by atoms with Crippen molar-refractivity contribution in [3.05, 3.63) is 41.6 Å². The summed E-state index contributed by atoms with van der Waals surface area (Å²) in [4.78, 5) is 10.8. The van der Waals surface area contributed by atoms with Crippen LogP contribution in [0.15, 0.2) is 30.3 Å². The van der Waals surface area contributed by atoms with E-state index >= 15 is 0 Å². The van der Waals surface area contributed by atoms with Crippen LogP contribution in [0, 0.1) is 6.92 Å². The second kappa shape index (κ2) is 3.69. The quantitative estimate of drug-likeness (QED) is 0.797. The summed E-state index contributed by atoms with van der Waals surface area (Å²) in [5, 5.41) is 12.7. The monoisotopic (exact) mass is 217 g/mol. The van der Waals surface area contributed by atoms with Gasteiger partial charge in [0.25, 0.3) is 0 Å². The van der Waals surface area contributed by atoms with Gasteiger partial charge in [-0.15, -0.1) is 0 Å². The molecule has 0 aliphatic rings. The molecule has 0 aliphatic carbocycles. The average Bonchev–Trinajstić information content (AvgIpc) is 2.61. The van der Waals surface area contributed by atoms with Crippen LogP contribution in [0.5, 0.6) is 0 Å². The van der Waals surface area contributed by atoms with Gasteiger partial charge >= 0.3 is 5.97 Å². The number of carboxylic acid groups (broad SMARTS) is 1. The van der Waals surface area contributed by atoms with E-state index in [1.54, 1.807) is 0 Å². The standard InChI is InChI=1S/C11H11N3O2/c1-7-4-2-3-5-9(7)14-10(12)6-8(13-14)11(15)16/h2-6H,12H2,1H3,(H,15,16). The Hall–Kier alpha value is -2.30. The van der Waals surface area contributed by atoms with Crippen LogP contribution < -0.4 is 5.73 Å². The molecule has 0 aliphatic heterocycles. The maximum atomic E-state index is 10.8. The van der Waals surface area contributed by atoms with Crippen LogP contribution in [0.4, 0.5) is 5.82 Å². The molecule has 0 saturated carbocycles. The van der Waals surface area contributed by atoms with Crippen LogP contribution in [0.2, 0.25) is 0 Å². The summed E-state index contributed by atoms with van der Waals surface area (Å²) in [6.45, 7) is 1.91. The highest BCUT2D eigenvalue weighted by atomic mass is 16.4. The minimum absolute atomic E-state index is 0.0549. The third kappa shape index (κ3) is 1.63. The highest BCUT2D eigenvalue weighted by Gasteiger charge is 2.12. The number of anilines is 1. The first-order valence-electron chi connectivity index (χ1n) is 4.74. The third-order valence-corrected chi connectivity index (χ3v) is 2.30. The highest BCUT2D eigenvalue weighted by molar-refractivity contribution is 5.86. The van der Waals surface area contributed by atoms with Gasteiger partial charge in [0.1, 0.15) is 5.82 Å². The minimum atomic E-state index is -1.08. The molecule has 5 heteroatoms. The van der Waals surface area contributed by atoms with E-state index in [0.717, 1.165) is 11.3 Å². The molecule has 0 unspecified atom stereocenters. The van der Waals surface area contributed by atoms with Crippen LogP contribution >= 0.6 is 0 Å². The molecule has 0 atom stereocenters. The molecule has 16 heavy (non-hydrogen) atoms. The number of rotatable bonds is 2. The predicted molar refractivity (Wildman–Crippen MR) is 59.7 cm³/mol. The molecule has 5 nitrogen and oxygen atoms in total. The number of para-hydroxylation sites is 1. The highest BCUT2D eigenvalue weighted by Crippen LogP contribution is 2.17. The Labute approximate surface area is 92.1 Å². The SMILES string of the molecule is Cc1ccccc1-n1nc(C(=O)O)cc1N. The van der Waals surface area contributed by atoms with E-state index in [-0.39, 0.29) is 5.69 Å². The molecule has 2 aromatic rings. The van der Waals surface area contributed by atoms with Crippen LogP contribution in [-0.4, -0.2) is 20.9 Å². The lowest BCUT2D eigenvalue weighted by atomic mass is 10.2. The zero-order valence-electron chi connectivity index (χ0n) is 8.71. The summed E-state index contributed by atoms with van der Waals surface area (Å²) in [6, 6.07) is 8.84. The molecule has 0 spiro atoms. The van der Waals surface area contributed by atoms with Crippen molar-refractivity contribution < 1.29 is 9.90 Å². The zero-order chi connectivity index (χ0) is 11.7. The van der Waals surface area contributed by atoms with E-state index in [2.05, 4.69) is 5.10 Å². The Kier molecular flexibility index (Phi) is 2.36. The lowest BCUT2D eigenvalue weighted by molar-refractivity contribution is 0.0690. The van der Waals surface area contributed by atoms with Crippen molar-refractivity contribution in [1.82, 2.24) is 9.78 Å². The summed E-state index contributed by atoms with van der Waals surface area (Å²) >= 11 is 0. The summed E-state index contributed by atoms with van der Waals surface area (Å²) in [6.07, 6.45) is 0. The number of nitrogens with two attached hydrogens (primary N) is 1. The van der Waals surface area contributed by atoms with Gasteiger partial charge < -0.3 is 10.8 Å². The topological polar surface area (TPSA) is 81.1 Å². The van der Waals surface area contributed by atoms with Gasteiger partial charge in [-0.25, -0.2) is 9.48 Å². The molecule has 2 rings (SSSR count). The molecule has 1 heterocycles. The number of aromatic carboxylic acids is 1. The number of carboxylic acids is 1. The fourth-order valence-corrected chi connectivity index (χ4v) is 1.49. The van der Waals surface area contributed by atoms with Crippen LogP contribution in [-0.2, 0) is 0 Å². The Morgan fingerprint density at radius 2 is 2.12 bits per heavy atom. The fraction of sp³-hybridized carbons (Fsp3) is 0.0909. The molecule has 0 radical (unpaired) electrons. The molecule has 0 saturated heterocycles. The molecular formula is C11H11N3O2. The number of aryl methyl sites for hydroxylation is 1. The Morgan fingerprint density at radius 1 is 1.44 bits per heavy atom. The van der Waals surface area contributed by atoms with Crippen molar-refractivity contribution in [2.75, 3.05) is 5.73 Å². The van der Waals surface area contributed by atoms with Crippen molar-refractivity contribution in [2.24, 2.45) is 0 Å². The molecular weight excluding hydrogens is 206 g/mol. The molecule has 82 valence electrons. The first-order chi connectivity index (χ1) is 7.59. The molecule has 1 aromatic carbocycles. The van der Waals surface area contributed by atoms with Crippen molar-refractivity contribution in [1.29, 1.82) is 0 Å². The zero-order valence-corrected chi connectivity index (χ0v) is 8.71. The smallest absolute Gasteiger partial charge is 0.356 e. The van der Waals surface area contributed by atoms with E-state index in [1.165, 1.54) is 10.7 Å². The lowest BCUT2D eigenvalue weighted by Gasteiger charge is -2.06. The molecule has 0 amide bonds. The molecule has 0 bridgehead atoms. The van der Waals surface area contributed by atoms with Crippen LogP contribution in [0.3, 0.4) is 0 Å². The number of carbonyl (C=O) groups is 1. The van der Waals surface area contributed by atoms with Crippen molar-refractivity contribution in [3.8, 4) is 5.69 Å². The first-order valence-corrected chi connectivity index (χ1v) is 4.74. The van der Waals surface area contributed by atoms with Gasteiger partial charge in [-0.3, -0.25) is 0 Å². The van der Waals surface area contributed by atoms with E-state index < -0.39 is 5.97 Å². The molecule has 0 fully saturated rings. The van der Waals surface area contributed by atoms with E-state index in [4.69, 9.17) is 10.8 Å². The van der Waals surface area contributed by atoms with E-state index in [9.17, 15) is 4.79 Å². The molecule has 1 aromatic heterocycles. The van der Waals surface area contributed by atoms with Crippen LogP contribution in [0.1, 0.15) is 16.1 Å². The number of hydrogen-bond acceptors (Lipinski definition) is 3. The van der Waals surface area contributed by atoms with Crippen LogP contribution in [0.25, 0.3) is 5.69 Å². The minimum Gasteiger partial charge on any atom is -0.476 e. The number of hydrogen-bond donors (Lipinski definition) is 2. The second-order valence-electron chi connectivity index (χ2n) is 3.46. The largest absolute Gasteiger partial charge is 0.476 e. The normalized spacial score (nSPS) is 10.3. The summed E-state index contributed by atoms with van der Waals surface area (Å²) in [7, 11) is 0. The second-order valence-corrected chi connectivity index (χ2v) is 3.46. The summed E-state index contributed by atoms with van der Waals surface area (Å²) in [5.41, 5.74) is 7.43. The number of aromatic nitrogens is 2. The predicted octanol–water partition coefficient (Wildman–Crippen LogP) is 1.46. The first kappa shape index (κ1) is 10.2. The average molecular weight is 217 g/mol. The van der Waals surface area contributed by atoms with Gasteiger partial charge in [0, 0.05) is 6.07 Å². The molecule has 3 N–H and O–H groups in total. The summed E-state index contributed by atoms with van der Waals surface area (Å²) in [5.74, 6) is -0.772. The van der Waals surface area contributed by atoms with Crippen molar-refractivity contribution in [2.45, 2.75) is 6.92 Å². The summed E-state index contributed by atoms with van der Waals surface area (Å²) < 4.78 is 1.43. The Bertz CT molecular complexity index is 546. The lowest BCUT2D eigenvalue weighted by Crippen LogP contribution is -2.04. The van der Waals surface area contributed by atoms with Crippen molar-refractivity contribution >= 4 is 11.8 Å². The van der Waals surface area contributed by atoms with E-state index in [1.807, 2.05) is 31.2 Å². The van der Waals surface area contributed by atoms with Gasteiger partial charge in [-0.2, -0.15) is 5.10 Å². The maximum absolute atomic E-state index is 10.8. The Balaban J connectivity index is 2.57. The Morgan fingerprint density at radius 3 is 2.69 bits per heavy atom. The van der Waals surface area contributed by atoms with Gasteiger partial charge in [0.2, 0.25) is 0 Å². The van der Waals surface area contributed by atoms with E-state index in [0.29, 0.717) is 5.82 Å². The number of nitrogen functional groups attached to an aromatic ring is 1. The van der Waals surface area contributed by atoms with Gasteiger partial charge in [0.05, 0.1) is 5.69 Å². The number of nitrogens with zero attached hydrogens (tertiary/aromatic N) is 2. The number of benzene rings is 1. The van der Waals surface area contributed by atoms with Gasteiger partial charge in [0.15, 0.2) is 5.69 Å². The maximum Gasteiger partial charge on any atom is 0.356 e. The van der Waals surface area contributed by atoms with Crippen molar-refractivity contribution in [3.63, 3.8) is 0 Å². The fourth-order valence-electron chi connectivity index (χ4n) is 1.49. The third-order valence-electron chi connectivity index (χ3n) is 2.30. The van der Waals surface area contributed by atoms with Gasteiger partial charge in [-0.05, 0) is 18.6 Å².